The average molecular weight is 313 g/mol. The monoisotopic (exact) mass is 313 g/mol. The van der Waals surface area contributed by atoms with Gasteiger partial charge < -0.3 is 9.13 Å². The van der Waals surface area contributed by atoms with E-state index in [4.69, 9.17) is 0 Å². The summed E-state index contributed by atoms with van der Waals surface area (Å²) in [5.74, 6) is 0. The van der Waals surface area contributed by atoms with Gasteiger partial charge in [0.1, 0.15) is 0 Å². The summed E-state index contributed by atoms with van der Waals surface area (Å²) in [4.78, 5) is 12.7. The number of rotatable bonds is 4. The van der Waals surface area contributed by atoms with Crippen LogP contribution >= 0.6 is 11.3 Å². The van der Waals surface area contributed by atoms with Gasteiger partial charge in [0.25, 0.3) is 0 Å². The van der Waals surface area contributed by atoms with Gasteiger partial charge in [-0.25, -0.2) is 9.97 Å². The van der Waals surface area contributed by atoms with Crippen molar-refractivity contribution in [1.29, 1.82) is 0 Å². The molecule has 0 saturated carbocycles. The molecule has 3 aromatic rings. The molecule has 22 heavy (non-hydrogen) atoms. The van der Waals surface area contributed by atoms with Gasteiger partial charge in [0.05, 0.1) is 30.6 Å². The molecule has 3 aromatic heterocycles. The van der Waals surface area contributed by atoms with Gasteiger partial charge in [-0.2, -0.15) is 0 Å². The Labute approximate surface area is 133 Å². The number of thiophene rings is 1. The molecule has 0 spiro atoms. The largest absolute Gasteiger partial charge is 0.333 e. The lowest BCUT2D eigenvalue weighted by Crippen LogP contribution is -2.23. The summed E-state index contributed by atoms with van der Waals surface area (Å²) in [6.45, 7) is 5.02. The van der Waals surface area contributed by atoms with Crippen LogP contribution in [0.5, 0.6) is 0 Å². The smallest absolute Gasteiger partial charge is 0.0952 e. The van der Waals surface area contributed by atoms with E-state index in [1.165, 1.54) is 17.0 Å². The molecule has 0 amide bonds. The summed E-state index contributed by atoms with van der Waals surface area (Å²) in [7, 11) is 0. The third kappa shape index (κ3) is 2.84. The summed E-state index contributed by atoms with van der Waals surface area (Å²) in [6.07, 6.45) is 8.84. The fourth-order valence-electron chi connectivity index (χ4n) is 3.02. The van der Waals surface area contributed by atoms with Crippen molar-refractivity contribution in [3.8, 4) is 0 Å². The molecule has 114 valence electrons. The van der Waals surface area contributed by atoms with E-state index in [9.17, 15) is 0 Å². The van der Waals surface area contributed by atoms with Gasteiger partial charge >= 0.3 is 0 Å². The van der Waals surface area contributed by atoms with Gasteiger partial charge in [-0.15, -0.1) is 11.3 Å². The summed E-state index contributed by atoms with van der Waals surface area (Å²) in [6, 6.07) is 4.35. The van der Waals surface area contributed by atoms with Gasteiger partial charge in [-0.1, -0.05) is 6.07 Å². The minimum Gasteiger partial charge on any atom is -0.333 e. The molecule has 0 fully saturated rings. The molecule has 0 atom stereocenters. The first kappa shape index (κ1) is 13.7. The van der Waals surface area contributed by atoms with Crippen molar-refractivity contribution in [2.75, 3.05) is 6.54 Å². The first-order chi connectivity index (χ1) is 10.9. The molecule has 0 radical (unpaired) electrons. The molecule has 0 aromatic carbocycles. The molecule has 5 nitrogen and oxygen atoms in total. The van der Waals surface area contributed by atoms with Crippen LogP contribution in [0.4, 0.5) is 0 Å². The standard InChI is InChI=1S/C16H19N5S/c1-3-14(22-8-1)9-19-5-2-6-21-13-18-15(16(21)11-19)10-20-7-4-17-12-20/h1,3-4,7-8,12-13H,2,5-6,9-11H2. The van der Waals surface area contributed by atoms with Crippen LogP contribution in [0.1, 0.15) is 22.7 Å². The minimum absolute atomic E-state index is 0.801. The Bertz CT molecular complexity index is 714. The topological polar surface area (TPSA) is 38.9 Å². The minimum atomic E-state index is 0.801. The third-order valence-electron chi connectivity index (χ3n) is 4.13. The SMILES string of the molecule is c1csc(CN2CCCn3cnc(Cn4ccnc4)c3C2)c1. The Morgan fingerprint density at radius 1 is 1.18 bits per heavy atom. The van der Waals surface area contributed by atoms with E-state index in [1.807, 2.05) is 36.4 Å². The lowest BCUT2D eigenvalue weighted by atomic mass is 10.3. The second-order valence-electron chi connectivity index (χ2n) is 5.71. The van der Waals surface area contributed by atoms with Gasteiger partial charge in [-0.05, 0) is 17.9 Å². The summed E-state index contributed by atoms with van der Waals surface area (Å²) in [5, 5.41) is 2.15. The molecule has 0 N–H and O–H groups in total. The van der Waals surface area contributed by atoms with Gasteiger partial charge in [0, 0.05) is 43.4 Å². The maximum atomic E-state index is 4.64. The molecule has 0 saturated heterocycles. The first-order valence-corrected chi connectivity index (χ1v) is 8.50. The van der Waals surface area contributed by atoms with E-state index >= 15 is 0 Å². The Balaban J connectivity index is 1.55. The van der Waals surface area contributed by atoms with E-state index in [2.05, 4.69) is 41.5 Å². The zero-order valence-electron chi connectivity index (χ0n) is 12.4. The predicted octanol–water partition coefficient (Wildman–Crippen LogP) is 2.60. The molecule has 0 unspecified atom stereocenters. The maximum Gasteiger partial charge on any atom is 0.0952 e. The van der Waals surface area contributed by atoms with Crippen LogP contribution in [0.3, 0.4) is 0 Å². The second kappa shape index (κ2) is 6.06. The molecule has 4 rings (SSSR count). The van der Waals surface area contributed by atoms with Crippen LogP contribution in [0.2, 0.25) is 0 Å². The number of aromatic nitrogens is 4. The van der Waals surface area contributed by atoms with E-state index in [1.54, 1.807) is 0 Å². The van der Waals surface area contributed by atoms with Crippen molar-refractivity contribution in [2.45, 2.75) is 32.6 Å². The fourth-order valence-corrected chi connectivity index (χ4v) is 3.77. The van der Waals surface area contributed by atoms with E-state index in [0.29, 0.717) is 0 Å². The number of fused-ring (bicyclic) bond motifs is 1. The third-order valence-corrected chi connectivity index (χ3v) is 4.99. The number of aryl methyl sites for hydroxylation is 1. The van der Waals surface area contributed by atoms with E-state index < -0.39 is 0 Å². The molecular formula is C16H19N5S. The van der Waals surface area contributed by atoms with Crippen LogP contribution in [0, 0.1) is 0 Å². The van der Waals surface area contributed by atoms with Crippen molar-refractivity contribution in [1.82, 2.24) is 24.0 Å². The van der Waals surface area contributed by atoms with E-state index in [0.717, 1.165) is 38.4 Å². The Morgan fingerprint density at radius 2 is 2.18 bits per heavy atom. The normalized spacial score (nSPS) is 15.6. The molecule has 1 aliphatic rings. The van der Waals surface area contributed by atoms with Crippen LogP contribution in [0.25, 0.3) is 0 Å². The fraction of sp³-hybridized carbons (Fsp3) is 0.375. The highest BCUT2D eigenvalue weighted by Gasteiger charge is 2.19. The first-order valence-electron chi connectivity index (χ1n) is 7.62. The zero-order chi connectivity index (χ0) is 14.8. The van der Waals surface area contributed by atoms with Crippen LogP contribution in [-0.4, -0.2) is 30.5 Å². The summed E-state index contributed by atoms with van der Waals surface area (Å²) < 4.78 is 4.40. The number of imidazole rings is 2. The average Bonchev–Trinajstić information content (AvgIpc) is 3.24. The number of hydrogen-bond donors (Lipinski definition) is 0. The lowest BCUT2D eigenvalue weighted by Gasteiger charge is -2.19. The highest BCUT2D eigenvalue weighted by molar-refractivity contribution is 7.09. The second-order valence-corrected chi connectivity index (χ2v) is 6.74. The Morgan fingerprint density at radius 3 is 3.00 bits per heavy atom. The van der Waals surface area contributed by atoms with Crippen molar-refractivity contribution in [3.05, 3.63) is 58.8 Å². The summed E-state index contributed by atoms with van der Waals surface area (Å²) in [5.41, 5.74) is 2.51. The Hall–Kier alpha value is -1.92. The maximum absolute atomic E-state index is 4.64. The highest BCUT2D eigenvalue weighted by atomic mass is 32.1. The van der Waals surface area contributed by atoms with Crippen molar-refractivity contribution < 1.29 is 0 Å². The number of nitrogens with zero attached hydrogens (tertiary/aromatic N) is 5. The van der Waals surface area contributed by atoms with Crippen LogP contribution in [-0.2, 0) is 26.2 Å². The molecule has 6 heteroatoms. The molecular weight excluding hydrogens is 294 g/mol. The Kier molecular flexibility index (Phi) is 3.78. The van der Waals surface area contributed by atoms with E-state index in [-0.39, 0.29) is 0 Å². The van der Waals surface area contributed by atoms with Gasteiger partial charge in [-0.3, -0.25) is 4.90 Å². The van der Waals surface area contributed by atoms with Gasteiger partial charge in [0.15, 0.2) is 0 Å². The van der Waals surface area contributed by atoms with Crippen molar-refractivity contribution in [2.24, 2.45) is 0 Å². The molecule has 1 aliphatic heterocycles. The van der Waals surface area contributed by atoms with Crippen molar-refractivity contribution in [3.63, 3.8) is 0 Å². The predicted molar refractivity (Wildman–Crippen MR) is 86.6 cm³/mol. The van der Waals surface area contributed by atoms with Crippen LogP contribution in [0.15, 0.2) is 42.6 Å². The van der Waals surface area contributed by atoms with Gasteiger partial charge in [0.2, 0.25) is 0 Å². The lowest BCUT2D eigenvalue weighted by molar-refractivity contribution is 0.262. The van der Waals surface area contributed by atoms with Crippen LogP contribution < -0.4 is 0 Å². The summed E-state index contributed by atoms with van der Waals surface area (Å²) >= 11 is 1.84. The molecule has 0 bridgehead atoms. The quantitative estimate of drug-likeness (QED) is 0.743. The molecule has 4 heterocycles. The molecule has 0 aliphatic carbocycles. The number of hydrogen-bond acceptors (Lipinski definition) is 4. The zero-order valence-corrected chi connectivity index (χ0v) is 13.2. The highest BCUT2D eigenvalue weighted by Crippen LogP contribution is 2.20. The van der Waals surface area contributed by atoms with Crippen molar-refractivity contribution >= 4 is 11.3 Å².